The van der Waals surface area contributed by atoms with Gasteiger partial charge in [0.05, 0.1) is 0 Å². The molecule has 0 amide bonds. The van der Waals surface area contributed by atoms with Gasteiger partial charge in [0, 0.05) is 17.2 Å². The predicted octanol–water partition coefficient (Wildman–Crippen LogP) is 2.83. The van der Waals surface area contributed by atoms with Crippen molar-refractivity contribution in [1.29, 1.82) is 5.41 Å². The fraction of sp³-hybridized carbons (Fsp3) is 0.0714. The van der Waals surface area contributed by atoms with Crippen LogP contribution in [0.2, 0.25) is 0 Å². The van der Waals surface area contributed by atoms with Gasteiger partial charge in [0.15, 0.2) is 11.6 Å². The fourth-order valence-electron chi connectivity index (χ4n) is 1.66. The van der Waals surface area contributed by atoms with Crippen molar-refractivity contribution in [3.05, 3.63) is 65.2 Å². The van der Waals surface area contributed by atoms with E-state index in [2.05, 4.69) is 0 Å². The summed E-state index contributed by atoms with van der Waals surface area (Å²) in [6.45, 7) is 0.0539. The Bertz CT molecular complexity index is 614. The number of rotatable bonds is 4. The predicted molar refractivity (Wildman–Crippen MR) is 68.1 cm³/mol. The summed E-state index contributed by atoms with van der Waals surface area (Å²) in [5.74, 6) is -1.55. The summed E-state index contributed by atoms with van der Waals surface area (Å²) >= 11 is 0. The maximum absolute atomic E-state index is 13.4. The van der Waals surface area contributed by atoms with Gasteiger partial charge in [0.2, 0.25) is 0 Å². The smallest absolute Gasteiger partial charge is 0.167 e. The van der Waals surface area contributed by atoms with Crippen molar-refractivity contribution in [2.24, 2.45) is 5.73 Å². The molecule has 0 radical (unpaired) electrons. The molecule has 0 saturated carbocycles. The topological polar surface area (TPSA) is 59.1 Å². The van der Waals surface area contributed by atoms with E-state index < -0.39 is 11.6 Å². The zero-order chi connectivity index (χ0) is 13.8. The lowest BCUT2D eigenvalue weighted by molar-refractivity contribution is 0.289. The van der Waals surface area contributed by atoms with Gasteiger partial charge < -0.3 is 10.5 Å². The van der Waals surface area contributed by atoms with Crippen LogP contribution in [0.25, 0.3) is 0 Å². The van der Waals surface area contributed by atoms with Gasteiger partial charge in [0.25, 0.3) is 0 Å². The van der Waals surface area contributed by atoms with Crippen LogP contribution in [-0.2, 0) is 6.61 Å². The van der Waals surface area contributed by atoms with E-state index in [1.54, 1.807) is 24.3 Å². The number of benzene rings is 2. The minimum atomic E-state index is -0.764. The molecule has 2 aromatic rings. The Labute approximate surface area is 109 Å². The molecule has 5 heteroatoms. The van der Waals surface area contributed by atoms with Crippen molar-refractivity contribution in [2.45, 2.75) is 6.61 Å². The summed E-state index contributed by atoms with van der Waals surface area (Å²) in [5, 5.41) is 7.43. The molecule has 0 fully saturated rings. The van der Waals surface area contributed by atoms with Crippen LogP contribution in [0.5, 0.6) is 5.75 Å². The van der Waals surface area contributed by atoms with Crippen molar-refractivity contribution in [3.8, 4) is 5.75 Å². The van der Waals surface area contributed by atoms with E-state index in [4.69, 9.17) is 15.9 Å². The maximum atomic E-state index is 13.4. The summed E-state index contributed by atoms with van der Waals surface area (Å²) < 4.78 is 31.4. The van der Waals surface area contributed by atoms with E-state index in [1.165, 1.54) is 6.07 Å². The maximum Gasteiger partial charge on any atom is 0.167 e. The molecule has 0 bridgehead atoms. The molecule has 0 aromatic heterocycles. The van der Waals surface area contributed by atoms with E-state index in [0.717, 1.165) is 12.1 Å². The molecule has 2 aromatic carbocycles. The van der Waals surface area contributed by atoms with Crippen LogP contribution < -0.4 is 10.5 Å². The van der Waals surface area contributed by atoms with Crippen LogP contribution in [0.3, 0.4) is 0 Å². The first-order valence-corrected chi connectivity index (χ1v) is 5.58. The zero-order valence-corrected chi connectivity index (χ0v) is 9.99. The monoisotopic (exact) mass is 262 g/mol. The Hall–Kier alpha value is -2.43. The van der Waals surface area contributed by atoms with Gasteiger partial charge in [0.1, 0.15) is 18.3 Å². The summed E-state index contributed by atoms with van der Waals surface area (Å²) in [6.07, 6.45) is 0. The highest BCUT2D eigenvalue weighted by atomic mass is 19.1. The van der Waals surface area contributed by atoms with Crippen LogP contribution in [0, 0.1) is 17.0 Å². The van der Waals surface area contributed by atoms with Crippen molar-refractivity contribution in [3.63, 3.8) is 0 Å². The molecule has 0 unspecified atom stereocenters. The second kappa shape index (κ2) is 5.48. The minimum absolute atomic E-state index is 0.0419. The third-order valence-electron chi connectivity index (χ3n) is 2.58. The van der Waals surface area contributed by atoms with Crippen LogP contribution in [-0.4, -0.2) is 5.84 Å². The molecule has 0 aliphatic carbocycles. The quantitative estimate of drug-likeness (QED) is 0.657. The van der Waals surface area contributed by atoms with Gasteiger partial charge in [-0.2, -0.15) is 0 Å². The first-order valence-electron chi connectivity index (χ1n) is 5.58. The average Bonchev–Trinajstić information content (AvgIpc) is 2.38. The Balaban J connectivity index is 2.17. The molecular formula is C14H12F2N2O. The van der Waals surface area contributed by atoms with Gasteiger partial charge in [-0.3, -0.25) is 5.41 Å². The highest BCUT2D eigenvalue weighted by Crippen LogP contribution is 2.19. The molecule has 0 spiro atoms. The lowest BCUT2D eigenvalue weighted by atomic mass is 10.1. The van der Waals surface area contributed by atoms with Gasteiger partial charge in [-0.1, -0.05) is 24.3 Å². The first-order chi connectivity index (χ1) is 9.08. The third kappa shape index (κ3) is 3.07. The van der Waals surface area contributed by atoms with Crippen LogP contribution >= 0.6 is 0 Å². The molecule has 19 heavy (non-hydrogen) atoms. The number of hydrogen-bond acceptors (Lipinski definition) is 2. The average molecular weight is 262 g/mol. The first kappa shape index (κ1) is 13.0. The zero-order valence-electron chi connectivity index (χ0n) is 9.99. The second-order valence-electron chi connectivity index (χ2n) is 3.93. The number of hydrogen-bond donors (Lipinski definition) is 2. The molecule has 0 aliphatic heterocycles. The summed E-state index contributed by atoms with van der Waals surface area (Å²) in [7, 11) is 0. The van der Waals surface area contributed by atoms with Crippen molar-refractivity contribution in [2.75, 3.05) is 0 Å². The van der Waals surface area contributed by atoms with E-state index >= 15 is 0 Å². The normalized spacial score (nSPS) is 10.2. The van der Waals surface area contributed by atoms with Crippen LogP contribution in [0.1, 0.15) is 11.1 Å². The highest BCUT2D eigenvalue weighted by molar-refractivity contribution is 5.96. The molecule has 98 valence electrons. The molecule has 2 rings (SSSR count). The summed E-state index contributed by atoms with van der Waals surface area (Å²) in [6, 6.07) is 10.0. The van der Waals surface area contributed by atoms with Crippen molar-refractivity contribution >= 4 is 5.84 Å². The lowest BCUT2D eigenvalue weighted by Crippen LogP contribution is -2.14. The molecule has 3 nitrogen and oxygen atoms in total. The van der Waals surface area contributed by atoms with E-state index in [0.29, 0.717) is 11.1 Å². The van der Waals surface area contributed by atoms with Crippen LogP contribution in [0.4, 0.5) is 8.78 Å². The number of halogens is 2. The van der Waals surface area contributed by atoms with E-state index in [9.17, 15) is 8.78 Å². The van der Waals surface area contributed by atoms with E-state index in [1.807, 2.05) is 0 Å². The number of nitrogens with one attached hydrogen (secondary N) is 1. The molecule has 0 saturated heterocycles. The van der Waals surface area contributed by atoms with Crippen molar-refractivity contribution in [1.82, 2.24) is 0 Å². The number of nitrogens with two attached hydrogens (primary N) is 1. The molecular weight excluding hydrogens is 250 g/mol. The standard InChI is InChI=1S/C14H12F2N2O/c15-10-5-6-13(12(16)7-10)19-8-9-3-1-2-4-11(9)14(17)18/h1-7H,8H2,(H3,17,18). The molecule has 0 heterocycles. The Morgan fingerprint density at radius 1 is 1.16 bits per heavy atom. The van der Waals surface area contributed by atoms with Gasteiger partial charge in [-0.25, -0.2) is 8.78 Å². The van der Waals surface area contributed by atoms with E-state index in [-0.39, 0.29) is 18.2 Å². The van der Waals surface area contributed by atoms with Gasteiger partial charge in [-0.15, -0.1) is 0 Å². The number of ether oxygens (including phenoxy) is 1. The SMILES string of the molecule is N=C(N)c1ccccc1COc1ccc(F)cc1F. The highest BCUT2D eigenvalue weighted by Gasteiger charge is 2.08. The summed E-state index contributed by atoms with van der Waals surface area (Å²) in [5.41, 5.74) is 6.64. The van der Waals surface area contributed by atoms with Gasteiger partial charge >= 0.3 is 0 Å². The Morgan fingerprint density at radius 3 is 2.58 bits per heavy atom. The Morgan fingerprint density at radius 2 is 1.89 bits per heavy atom. The minimum Gasteiger partial charge on any atom is -0.486 e. The molecule has 0 atom stereocenters. The number of nitrogen functional groups attached to an aromatic ring is 1. The lowest BCUT2D eigenvalue weighted by Gasteiger charge is -2.10. The molecule has 0 aliphatic rings. The van der Waals surface area contributed by atoms with Crippen molar-refractivity contribution < 1.29 is 13.5 Å². The van der Waals surface area contributed by atoms with Gasteiger partial charge in [-0.05, 0) is 12.1 Å². The summed E-state index contributed by atoms with van der Waals surface area (Å²) in [4.78, 5) is 0. The van der Waals surface area contributed by atoms with Crippen LogP contribution in [0.15, 0.2) is 42.5 Å². The third-order valence-corrected chi connectivity index (χ3v) is 2.58. The number of amidine groups is 1. The fourth-order valence-corrected chi connectivity index (χ4v) is 1.66. The largest absolute Gasteiger partial charge is 0.486 e. The molecule has 3 N–H and O–H groups in total. The Kier molecular flexibility index (Phi) is 3.75. The second-order valence-corrected chi connectivity index (χ2v) is 3.93.